The number of nitrogens with zero attached hydrogens (tertiary/aromatic N) is 2. The smallest absolute Gasteiger partial charge is 0.293 e. The molecule has 0 fully saturated rings. The van der Waals surface area contributed by atoms with Crippen LogP contribution < -0.4 is 5.73 Å². The molecular weight excluding hydrogens is 242 g/mol. The zero-order valence-corrected chi connectivity index (χ0v) is 10.2. The highest BCUT2D eigenvalue weighted by atomic mass is 16.5. The summed E-state index contributed by atoms with van der Waals surface area (Å²) in [6, 6.07) is 13.6. The van der Waals surface area contributed by atoms with Crippen molar-refractivity contribution in [2.75, 3.05) is 0 Å². The second-order valence-corrected chi connectivity index (χ2v) is 4.15. The Morgan fingerprint density at radius 1 is 1.05 bits per heavy atom. The van der Waals surface area contributed by atoms with Gasteiger partial charge >= 0.3 is 0 Å². The number of hydrogen-bond donors (Lipinski definition) is 1. The quantitative estimate of drug-likeness (QED) is 0.774. The number of hydrogen-bond acceptors (Lipinski definition) is 5. The molecule has 2 aromatic heterocycles. The number of nitrogens with two attached hydrogens (primary N) is 1. The fraction of sp³-hybridized carbons (Fsp3) is 0.143. The van der Waals surface area contributed by atoms with Crippen LogP contribution in [0.15, 0.2) is 51.4 Å². The van der Waals surface area contributed by atoms with E-state index >= 15 is 0 Å². The van der Waals surface area contributed by atoms with Crippen molar-refractivity contribution in [3.8, 4) is 11.7 Å². The van der Waals surface area contributed by atoms with Crippen LogP contribution in [-0.4, -0.2) is 10.1 Å². The van der Waals surface area contributed by atoms with Crippen LogP contribution in [0.2, 0.25) is 0 Å². The van der Waals surface area contributed by atoms with Crippen molar-refractivity contribution in [2.24, 2.45) is 5.73 Å². The molecule has 3 aromatic rings. The largest absolute Gasteiger partial charge is 0.455 e. The van der Waals surface area contributed by atoms with Crippen molar-refractivity contribution in [1.82, 2.24) is 10.1 Å². The molecule has 0 unspecified atom stereocenters. The molecule has 0 radical (unpaired) electrons. The van der Waals surface area contributed by atoms with E-state index in [9.17, 15) is 0 Å². The summed E-state index contributed by atoms with van der Waals surface area (Å²) in [5.74, 6) is 2.25. The van der Waals surface area contributed by atoms with Crippen molar-refractivity contribution in [1.29, 1.82) is 0 Å². The Morgan fingerprint density at radius 2 is 1.89 bits per heavy atom. The zero-order chi connectivity index (χ0) is 13.1. The lowest BCUT2D eigenvalue weighted by Crippen LogP contribution is -1.92. The first-order valence-corrected chi connectivity index (χ1v) is 6.01. The van der Waals surface area contributed by atoms with E-state index in [4.69, 9.17) is 14.7 Å². The fourth-order valence-electron chi connectivity index (χ4n) is 1.81. The van der Waals surface area contributed by atoms with E-state index < -0.39 is 0 Å². The van der Waals surface area contributed by atoms with Gasteiger partial charge in [0.25, 0.3) is 5.89 Å². The van der Waals surface area contributed by atoms with Gasteiger partial charge in [-0.05, 0) is 17.7 Å². The van der Waals surface area contributed by atoms with E-state index in [-0.39, 0.29) is 0 Å². The third-order valence-electron chi connectivity index (χ3n) is 2.75. The van der Waals surface area contributed by atoms with Crippen LogP contribution in [-0.2, 0) is 13.0 Å². The highest BCUT2D eigenvalue weighted by Gasteiger charge is 2.12. The molecule has 1 aromatic carbocycles. The van der Waals surface area contributed by atoms with Crippen LogP contribution in [0, 0.1) is 0 Å². The molecule has 19 heavy (non-hydrogen) atoms. The van der Waals surface area contributed by atoms with Gasteiger partial charge in [-0.2, -0.15) is 4.98 Å². The minimum absolute atomic E-state index is 0.352. The maximum absolute atomic E-state index is 5.49. The van der Waals surface area contributed by atoms with Crippen LogP contribution in [0.25, 0.3) is 11.7 Å². The maximum atomic E-state index is 5.49. The van der Waals surface area contributed by atoms with E-state index in [2.05, 4.69) is 10.1 Å². The van der Waals surface area contributed by atoms with Crippen LogP contribution in [0.1, 0.15) is 17.1 Å². The van der Waals surface area contributed by atoms with Gasteiger partial charge in [0.15, 0.2) is 11.6 Å². The number of aromatic nitrogens is 2. The van der Waals surface area contributed by atoms with Crippen molar-refractivity contribution < 1.29 is 8.94 Å². The molecule has 0 aliphatic carbocycles. The summed E-state index contributed by atoms with van der Waals surface area (Å²) in [7, 11) is 0. The molecule has 0 bridgehead atoms. The molecule has 0 aliphatic heterocycles. The molecular formula is C14H13N3O2. The normalized spacial score (nSPS) is 10.8. The van der Waals surface area contributed by atoms with E-state index in [1.54, 1.807) is 12.1 Å². The monoisotopic (exact) mass is 255 g/mol. The summed E-state index contributed by atoms with van der Waals surface area (Å²) >= 11 is 0. The van der Waals surface area contributed by atoms with Gasteiger partial charge in [0, 0.05) is 6.42 Å². The van der Waals surface area contributed by atoms with E-state index in [1.165, 1.54) is 0 Å². The lowest BCUT2D eigenvalue weighted by Gasteiger charge is -1.93. The minimum Gasteiger partial charge on any atom is -0.455 e. The van der Waals surface area contributed by atoms with Crippen LogP contribution in [0.5, 0.6) is 0 Å². The van der Waals surface area contributed by atoms with Gasteiger partial charge in [0.2, 0.25) is 0 Å². The van der Waals surface area contributed by atoms with Gasteiger partial charge in [-0.15, -0.1) is 0 Å². The summed E-state index contributed by atoms with van der Waals surface area (Å²) in [6.07, 6.45) is 0.634. The molecule has 0 spiro atoms. The Bertz CT molecular complexity index is 658. The highest BCUT2D eigenvalue weighted by Crippen LogP contribution is 2.20. The standard InChI is InChI=1S/C14H13N3O2/c15-9-11-6-7-12(18-11)14-16-13(17-19-14)8-10-4-2-1-3-5-10/h1-7H,8-9,15H2. The summed E-state index contributed by atoms with van der Waals surface area (Å²) in [6.45, 7) is 0.352. The van der Waals surface area contributed by atoms with Crippen molar-refractivity contribution in [3.63, 3.8) is 0 Å². The van der Waals surface area contributed by atoms with Crippen LogP contribution >= 0.6 is 0 Å². The molecule has 2 heterocycles. The number of benzene rings is 1. The Morgan fingerprint density at radius 3 is 2.63 bits per heavy atom. The lowest BCUT2D eigenvalue weighted by atomic mass is 10.1. The molecule has 3 rings (SSSR count). The predicted molar refractivity (Wildman–Crippen MR) is 69.1 cm³/mol. The number of rotatable bonds is 4. The van der Waals surface area contributed by atoms with E-state index in [0.29, 0.717) is 36.2 Å². The summed E-state index contributed by atoms with van der Waals surface area (Å²) in [5.41, 5.74) is 6.62. The Balaban J connectivity index is 1.79. The molecule has 0 atom stereocenters. The third-order valence-corrected chi connectivity index (χ3v) is 2.75. The lowest BCUT2D eigenvalue weighted by molar-refractivity contribution is 0.406. The van der Waals surface area contributed by atoms with Gasteiger partial charge in [-0.1, -0.05) is 35.5 Å². The zero-order valence-electron chi connectivity index (χ0n) is 10.2. The van der Waals surface area contributed by atoms with Gasteiger partial charge in [-0.3, -0.25) is 0 Å². The first-order valence-electron chi connectivity index (χ1n) is 6.01. The molecule has 96 valence electrons. The van der Waals surface area contributed by atoms with Crippen molar-refractivity contribution in [3.05, 3.63) is 59.6 Å². The SMILES string of the molecule is NCc1ccc(-c2nc(Cc3ccccc3)no2)o1. The topological polar surface area (TPSA) is 78.1 Å². The molecule has 0 amide bonds. The predicted octanol–water partition coefficient (Wildman–Crippen LogP) is 2.38. The van der Waals surface area contributed by atoms with Crippen molar-refractivity contribution >= 4 is 0 Å². The minimum atomic E-state index is 0.352. The second-order valence-electron chi connectivity index (χ2n) is 4.15. The highest BCUT2D eigenvalue weighted by molar-refractivity contribution is 5.44. The van der Waals surface area contributed by atoms with Crippen molar-refractivity contribution in [2.45, 2.75) is 13.0 Å². The average Bonchev–Trinajstić information content (AvgIpc) is 3.08. The molecule has 5 nitrogen and oxygen atoms in total. The maximum Gasteiger partial charge on any atom is 0.293 e. The van der Waals surface area contributed by atoms with E-state index in [1.807, 2.05) is 30.3 Å². The average molecular weight is 255 g/mol. The Kier molecular flexibility index (Phi) is 3.12. The van der Waals surface area contributed by atoms with E-state index in [0.717, 1.165) is 5.56 Å². The summed E-state index contributed by atoms with van der Waals surface area (Å²) < 4.78 is 10.6. The fourth-order valence-corrected chi connectivity index (χ4v) is 1.81. The van der Waals surface area contributed by atoms with Crippen LogP contribution in [0.4, 0.5) is 0 Å². The third kappa shape index (κ3) is 2.56. The van der Waals surface area contributed by atoms with Gasteiger partial charge in [0.05, 0.1) is 6.54 Å². The first kappa shape index (κ1) is 11.7. The Labute approximate surface area is 110 Å². The second kappa shape index (κ2) is 5.07. The van der Waals surface area contributed by atoms with Gasteiger partial charge in [0.1, 0.15) is 5.76 Å². The number of furan rings is 1. The van der Waals surface area contributed by atoms with Gasteiger partial charge < -0.3 is 14.7 Å². The molecule has 0 saturated carbocycles. The summed E-state index contributed by atoms with van der Waals surface area (Å²) in [5, 5.41) is 3.95. The van der Waals surface area contributed by atoms with Crippen LogP contribution in [0.3, 0.4) is 0 Å². The summed E-state index contributed by atoms with van der Waals surface area (Å²) in [4.78, 5) is 4.31. The molecule has 0 aliphatic rings. The first-order chi connectivity index (χ1) is 9.35. The molecule has 2 N–H and O–H groups in total. The molecule has 5 heteroatoms. The molecule has 0 saturated heterocycles. The van der Waals surface area contributed by atoms with Gasteiger partial charge in [-0.25, -0.2) is 0 Å². The Hall–Kier alpha value is -2.40.